The first-order valence-corrected chi connectivity index (χ1v) is 23.6. The SMILES string of the molecule is CC(C)(C)C(NC(=O)COCCCCCOc1ccc(C(=O)N[C@H]2C(C)(C)[C@H](Oc3ccc(C#N)c(Cl)c3)C2(C)C)cc1)C(=O)N(Cc1ccc(-c2cncs2)cc1)C(=O)[C@@H]1C[C@@H](O)CN1. The summed E-state index contributed by atoms with van der Waals surface area (Å²) >= 11 is 7.75. The molecule has 2 aliphatic rings. The van der Waals surface area contributed by atoms with E-state index in [1.807, 2.05) is 45.0 Å². The number of hydrogen-bond donors (Lipinski definition) is 4. The van der Waals surface area contributed by atoms with Gasteiger partial charge in [0.15, 0.2) is 0 Å². The molecule has 0 spiro atoms. The summed E-state index contributed by atoms with van der Waals surface area (Å²) in [6.45, 7) is 14.5. The number of aliphatic hydroxyl groups excluding tert-OH is 1. The molecule has 16 heteroatoms. The van der Waals surface area contributed by atoms with Crippen molar-refractivity contribution in [3.05, 3.63) is 100 Å². The van der Waals surface area contributed by atoms with Gasteiger partial charge in [0.05, 0.1) is 46.3 Å². The predicted molar refractivity (Wildman–Crippen MR) is 253 cm³/mol. The molecular formula is C50H61ClN6O8S. The number of thiazole rings is 1. The van der Waals surface area contributed by atoms with Crippen molar-refractivity contribution in [1.82, 2.24) is 25.8 Å². The van der Waals surface area contributed by atoms with Crippen LogP contribution in [0.5, 0.6) is 11.5 Å². The van der Waals surface area contributed by atoms with Gasteiger partial charge in [-0.15, -0.1) is 11.3 Å². The van der Waals surface area contributed by atoms with E-state index in [9.17, 15) is 29.5 Å². The lowest BCUT2D eigenvalue weighted by molar-refractivity contribution is -0.164. The molecule has 0 radical (unpaired) electrons. The predicted octanol–water partition coefficient (Wildman–Crippen LogP) is 7.32. The zero-order chi connectivity index (χ0) is 47.8. The fraction of sp³-hybridized carbons (Fsp3) is 0.480. The van der Waals surface area contributed by atoms with E-state index in [0.717, 1.165) is 28.8 Å². The molecule has 1 saturated heterocycles. The van der Waals surface area contributed by atoms with Crippen molar-refractivity contribution in [2.75, 3.05) is 26.4 Å². The lowest BCUT2D eigenvalue weighted by Crippen LogP contribution is -2.74. The Hall–Kier alpha value is -5.37. The number of unbranched alkanes of at least 4 members (excludes halogenated alkanes) is 2. The van der Waals surface area contributed by atoms with E-state index in [1.165, 1.54) is 16.2 Å². The number of nitrogens with one attached hydrogen (secondary N) is 3. The number of hydrogen-bond acceptors (Lipinski definition) is 12. The van der Waals surface area contributed by atoms with Crippen molar-refractivity contribution in [3.8, 4) is 28.0 Å². The summed E-state index contributed by atoms with van der Waals surface area (Å²) in [5, 5.41) is 28.8. The quantitative estimate of drug-likeness (QED) is 0.0689. The van der Waals surface area contributed by atoms with Gasteiger partial charge in [-0.25, -0.2) is 0 Å². The second-order valence-electron chi connectivity index (χ2n) is 19.3. The normalized spacial score (nSPS) is 20.0. The highest BCUT2D eigenvalue weighted by molar-refractivity contribution is 7.13. The van der Waals surface area contributed by atoms with Crippen LogP contribution in [0.15, 0.2) is 78.4 Å². The number of benzene rings is 3. The number of aromatic nitrogens is 1. The summed E-state index contributed by atoms with van der Waals surface area (Å²) in [5.74, 6) is -0.445. The molecule has 1 aromatic heterocycles. The topological polar surface area (TPSA) is 192 Å². The van der Waals surface area contributed by atoms with E-state index in [-0.39, 0.29) is 44.2 Å². The highest BCUT2D eigenvalue weighted by Crippen LogP contribution is 2.55. The Bertz CT molecular complexity index is 2350. The number of β-amino-alcohol motifs (C(OH)–C–C–N with tert-alkyl or cyclic N) is 1. The lowest BCUT2D eigenvalue weighted by atomic mass is 9.49. The summed E-state index contributed by atoms with van der Waals surface area (Å²) in [6.07, 6.45) is 3.27. The average Bonchev–Trinajstić information content (AvgIpc) is 3.99. The minimum Gasteiger partial charge on any atom is -0.494 e. The molecule has 14 nitrogen and oxygen atoms in total. The number of amides is 4. The monoisotopic (exact) mass is 940 g/mol. The van der Waals surface area contributed by atoms with Crippen molar-refractivity contribution in [1.29, 1.82) is 5.26 Å². The maximum atomic E-state index is 14.3. The molecule has 3 atom stereocenters. The molecule has 4 N–H and O–H groups in total. The number of nitrogens with zero attached hydrogens (tertiary/aromatic N) is 3. The first kappa shape index (κ1) is 50.1. The minimum absolute atomic E-state index is 0.00399. The van der Waals surface area contributed by atoms with Crippen LogP contribution in [0, 0.1) is 27.6 Å². The highest BCUT2D eigenvalue weighted by atomic mass is 35.5. The zero-order valence-electron chi connectivity index (χ0n) is 38.7. The molecule has 1 aliphatic carbocycles. The minimum atomic E-state index is -1.03. The third-order valence-electron chi connectivity index (χ3n) is 12.3. The van der Waals surface area contributed by atoms with Crippen molar-refractivity contribution >= 4 is 46.6 Å². The number of imide groups is 1. The smallest absolute Gasteiger partial charge is 0.252 e. The first-order chi connectivity index (χ1) is 31.3. The number of carbonyl (C=O) groups excluding carboxylic acids is 4. The number of rotatable bonds is 19. The van der Waals surface area contributed by atoms with Crippen LogP contribution < -0.4 is 25.4 Å². The second kappa shape index (κ2) is 21.5. The third kappa shape index (κ3) is 12.1. The number of carbonyl (C=O) groups is 4. The zero-order valence-corrected chi connectivity index (χ0v) is 40.3. The Kier molecular flexibility index (Phi) is 16.3. The molecule has 6 rings (SSSR count). The van der Waals surface area contributed by atoms with Gasteiger partial charge in [0, 0.05) is 47.9 Å². The van der Waals surface area contributed by atoms with E-state index >= 15 is 0 Å². The highest BCUT2D eigenvalue weighted by Gasteiger charge is 2.64. The van der Waals surface area contributed by atoms with Crippen LogP contribution in [0.25, 0.3) is 10.4 Å². The average molecular weight is 942 g/mol. The van der Waals surface area contributed by atoms with Crippen molar-refractivity contribution < 1.29 is 38.5 Å². The fourth-order valence-electron chi connectivity index (χ4n) is 9.03. The van der Waals surface area contributed by atoms with Gasteiger partial charge in [-0.1, -0.05) is 84.3 Å². The van der Waals surface area contributed by atoms with Gasteiger partial charge in [-0.3, -0.25) is 29.1 Å². The molecule has 4 aromatic rings. The fourth-order valence-corrected chi connectivity index (χ4v) is 9.87. The summed E-state index contributed by atoms with van der Waals surface area (Å²) < 4.78 is 18.0. The van der Waals surface area contributed by atoms with E-state index in [0.29, 0.717) is 47.3 Å². The maximum absolute atomic E-state index is 14.3. The van der Waals surface area contributed by atoms with Gasteiger partial charge >= 0.3 is 0 Å². The molecule has 4 amide bonds. The number of halogens is 1. The summed E-state index contributed by atoms with van der Waals surface area (Å²) in [4.78, 5) is 61.0. The van der Waals surface area contributed by atoms with E-state index in [4.69, 9.17) is 25.8 Å². The third-order valence-corrected chi connectivity index (χ3v) is 13.5. The molecular weight excluding hydrogens is 880 g/mol. The van der Waals surface area contributed by atoms with Crippen LogP contribution in [-0.4, -0.2) is 95.3 Å². The summed E-state index contributed by atoms with van der Waals surface area (Å²) in [6, 6.07) is 19.8. The van der Waals surface area contributed by atoms with Crippen LogP contribution in [0.3, 0.4) is 0 Å². The Morgan fingerprint density at radius 2 is 1.67 bits per heavy atom. The van der Waals surface area contributed by atoms with E-state index < -0.39 is 52.2 Å². The van der Waals surface area contributed by atoms with Crippen LogP contribution in [0.2, 0.25) is 5.02 Å². The van der Waals surface area contributed by atoms with Gasteiger partial charge in [0.25, 0.3) is 11.8 Å². The number of nitriles is 1. The van der Waals surface area contributed by atoms with Crippen LogP contribution in [-0.2, 0) is 25.7 Å². The molecule has 2 heterocycles. The second-order valence-corrected chi connectivity index (χ2v) is 20.6. The van der Waals surface area contributed by atoms with Crippen LogP contribution in [0.1, 0.15) is 95.6 Å². The molecule has 3 aromatic carbocycles. The van der Waals surface area contributed by atoms with Crippen LogP contribution in [0.4, 0.5) is 0 Å². The van der Waals surface area contributed by atoms with Crippen molar-refractivity contribution in [2.45, 2.75) is 111 Å². The molecule has 352 valence electrons. The molecule has 1 aliphatic heterocycles. The van der Waals surface area contributed by atoms with Gasteiger partial charge in [-0.05, 0) is 78.6 Å². The summed E-state index contributed by atoms with van der Waals surface area (Å²) in [5.41, 5.74) is 2.84. The molecule has 1 saturated carbocycles. The Balaban J connectivity index is 0.916. The van der Waals surface area contributed by atoms with Gasteiger partial charge in [0.1, 0.15) is 36.3 Å². The molecule has 66 heavy (non-hydrogen) atoms. The number of ether oxygens (including phenoxy) is 3. The van der Waals surface area contributed by atoms with Crippen molar-refractivity contribution in [2.24, 2.45) is 16.2 Å². The van der Waals surface area contributed by atoms with Gasteiger partial charge in [0.2, 0.25) is 11.8 Å². The van der Waals surface area contributed by atoms with Gasteiger partial charge in [-0.2, -0.15) is 5.26 Å². The lowest BCUT2D eigenvalue weighted by Gasteiger charge is -2.63. The van der Waals surface area contributed by atoms with Gasteiger partial charge < -0.3 is 35.3 Å². The standard InChI is InChI=1S/C50H61ClN6O8S/c1-48(2,3)42(45(62)57(44(61)39-23-35(58)26-54-39)28-31-11-13-32(14-12-31)40-27-53-30-66-40)55-41(59)29-63-21-9-8-10-22-64-36-18-15-33(16-19-36)43(60)56-46-49(4,5)47(50(46,6)7)65-37-20-17-34(25-52)38(51)24-37/h11-20,24,27,30,35,39,42,46-47,54,58H,8-10,21-23,26,28-29H2,1-7H3,(H,55,59)(H,56,60)/t35-,39+,42?,46-,47-/m1/s1. The Morgan fingerprint density at radius 3 is 2.27 bits per heavy atom. The molecule has 0 bridgehead atoms. The maximum Gasteiger partial charge on any atom is 0.252 e. The van der Waals surface area contributed by atoms with E-state index in [1.54, 1.807) is 54.2 Å². The van der Waals surface area contributed by atoms with Crippen molar-refractivity contribution in [3.63, 3.8) is 0 Å². The molecule has 1 unspecified atom stereocenters. The first-order valence-electron chi connectivity index (χ1n) is 22.3. The van der Waals surface area contributed by atoms with E-state index in [2.05, 4.69) is 54.7 Å². The largest absolute Gasteiger partial charge is 0.494 e. The molecule has 2 fully saturated rings. The Labute approximate surface area is 396 Å². The van der Waals surface area contributed by atoms with Crippen LogP contribution >= 0.6 is 22.9 Å². The summed E-state index contributed by atoms with van der Waals surface area (Å²) in [7, 11) is 0. The number of aliphatic hydroxyl groups is 1. The Morgan fingerprint density at radius 1 is 0.985 bits per heavy atom.